The number of benzene rings is 1. The molecule has 0 aliphatic carbocycles. The molecule has 108 valence electrons. The normalized spacial score (nSPS) is 28.7. The zero-order chi connectivity index (χ0) is 15.1. The summed E-state index contributed by atoms with van der Waals surface area (Å²) in [4.78, 5) is 16.0. The fourth-order valence-electron chi connectivity index (χ4n) is 3.37. The summed E-state index contributed by atoms with van der Waals surface area (Å²) in [7, 11) is 0. The van der Waals surface area contributed by atoms with Crippen LogP contribution in [0.4, 0.5) is 0 Å². The van der Waals surface area contributed by atoms with Gasteiger partial charge in [0.25, 0.3) is 0 Å². The second-order valence-electron chi connectivity index (χ2n) is 5.84. The molecule has 21 heavy (non-hydrogen) atoms. The van der Waals surface area contributed by atoms with Crippen LogP contribution in [0.3, 0.4) is 0 Å². The van der Waals surface area contributed by atoms with Gasteiger partial charge >= 0.3 is 0 Å². The van der Waals surface area contributed by atoms with Crippen LogP contribution in [0.1, 0.15) is 36.7 Å². The minimum Gasteiger partial charge on any atom is -0.374 e. The Balaban J connectivity index is 2.09. The van der Waals surface area contributed by atoms with Gasteiger partial charge in [-0.2, -0.15) is 5.26 Å². The van der Waals surface area contributed by atoms with Crippen molar-refractivity contribution >= 4 is 16.7 Å². The van der Waals surface area contributed by atoms with Crippen molar-refractivity contribution in [2.24, 2.45) is 11.8 Å². The maximum Gasteiger partial charge on any atom is 0.171 e. The first kappa shape index (κ1) is 13.8. The summed E-state index contributed by atoms with van der Waals surface area (Å²) in [5.74, 6) is 0.0748. The standard InChI is InChI=1S/C17H18N2O2/c1-9-10(2)21-11(3)15(9)17(20)13-8-19-14-6-4-5-12(7-18)16(13)14/h4-6,8-11,15,19H,1-3H3. The number of fused-ring (bicyclic) bond motifs is 1. The highest BCUT2D eigenvalue weighted by molar-refractivity contribution is 6.10. The number of nitrogens with one attached hydrogen (secondary N) is 1. The quantitative estimate of drug-likeness (QED) is 0.860. The molecule has 1 aliphatic heterocycles. The van der Waals surface area contributed by atoms with Crippen LogP contribution in [0.15, 0.2) is 24.4 Å². The van der Waals surface area contributed by atoms with E-state index in [2.05, 4.69) is 18.0 Å². The number of aromatic nitrogens is 1. The van der Waals surface area contributed by atoms with Gasteiger partial charge in [0.05, 0.1) is 29.8 Å². The summed E-state index contributed by atoms with van der Waals surface area (Å²) in [6, 6.07) is 7.61. The molecule has 3 rings (SSSR count). The average Bonchev–Trinajstić information content (AvgIpc) is 3.00. The molecule has 0 radical (unpaired) electrons. The van der Waals surface area contributed by atoms with E-state index in [1.165, 1.54) is 0 Å². The lowest BCUT2D eigenvalue weighted by Crippen LogP contribution is -2.26. The molecule has 4 unspecified atom stereocenters. The molecular formula is C17H18N2O2. The number of ketones is 1. The van der Waals surface area contributed by atoms with Gasteiger partial charge in [0, 0.05) is 22.7 Å². The molecule has 4 heteroatoms. The molecule has 1 aromatic heterocycles. The SMILES string of the molecule is CC1OC(C)C(C(=O)c2c[nH]c3cccc(C#N)c23)C1C. The van der Waals surface area contributed by atoms with Gasteiger partial charge in [-0.1, -0.05) is 13.0 Å². The third-order valence-electron chi connectivity index (χ3n) is 4.64. The molecule has 0 bridgehead atoms. The van der Waals surface area contributed by atoms with Gasteiger partial charge in [-0.25, -0.2) is 0 Å². The van der Waals surface area contributed by atoms with Gasteiger partial charge in [0.2, 0.25) is 0 Å². The molecule has 1 fully saturated rings. The molecule has 1 aliphatic rings. The van der Waals surface area contributed by atoms with Crippen molar-refractivity contribution in [2.75, 3.05) is 0 Å². The Kier molecular flexibility index (Phi) is 3.30. The van der Waals surface area contributed by atoms with Gasteiger partial charge in [-0.15, -0.1) is 0 Å². The van der Waals surface area contributed by atoms with E-state index in [-0.39, 0.29) is 29.8 Å². The predicted molar refractivity (Wildman–Crippen MR) is 80.0 cm³/mol. The van der Waals surface area contributed by atoms with Crippen LogP contribution in [0.25, 0.3) is 10.9 Å². The highest BCUT2D eigenvalue weighted by atomic mass is 16.5. The number of rotatable bonds is 2. The number of hydrogen-bond acceptors (Lipinski definition) is 3. The molecule has 1 N–H and O–H groups in total. The monoisotopic (exact) mass is 282 g/mol. The van der Waals surface area contributed by atoms with Crippen molar-refractivity contribution in [3.8, 4) is 6.07 Å². The number of nitriles is 1. The molecule has 4 nitrogen and oxygen atoms in total. The van der Waals surface area contributed by atoms with Gasteiger partial charge in [0.15, 0.2) is 5.78 Å². The highest BCUT2D eigenvalue weighted by Crippen LogP contribution is 2.36. The van der Waals surface area contributed by atoms with Crippen LogP contribution in [-0.4, -0.2) is 23.0 Å². The van der Waals surface area contributed by atoms with Crippen LogP contribution in [0.5, 0.6) is 0 Å². The molecule has 2 aromatic rings. The summed E-state index contributed by atoms with van der Waals surface area (Å²) in [6.45, 7) is 6.00. The number of ether oxygens (including phenoxy) is 1. The van der Waals surface area contributed by atoms with Crippen molar-refractivity contribution < 1.29 is 9.53 Å². The predicted octanol–water partition coefficient (Wildman–Crippen LogP) is 3.28. The fraction of sp³-hybridized carbons (Fsp3) is 0.412. The van der Waals surface area contributed by atoms with Crippen LogP contribution in [0, 0.1) is 23.2 Å². The van der Waals surface area contributed by atoms with E-state index in [0.717, 1.165) is 10.9 Å². The molecule has 0 saturated carbocycles. The Morgan fingerprint density at radius 3 is 2.67 bits per heavy atom. The van der Waals surface area contributed by atoms with E-state index in [1.54, 1.807) is 12.3 Å². The first-order valence-electron chi connectivity index (χ1n) is 7.24. The molecule has 1 aromatic carbocycles. The van der Waals surface area contributed by atoms with E-state index in [9.17, 15) is 10.1 Å². The molecule has 0 amide bonds. The van der Waals surface area contributed by atoms with Crippen LogP contribution < -0.4 is 0 Å². The molecule has 0 spiro atoms. The Morgan fingerprint density at radius 1 is 1.29 bits per heavy atom. The van der Waals surface area contributed by atoms with Crippen molar-refractivity contribution in [1.82, 2.24) is 4.98 Å². The number of Topliss-reactive ketones (excluding diaryl/α,β-unsaturated/α-hetero) is 1. The second kappa shape index (κ2) is 5.01. The van der Waals surface area contributed by atoms with Gasteiger partial charge in [-0.3, -0.25) is 4.79 Å². The number of carbonyl (C=O) groups excluding carboxylic acids is 1. The van der Waals surface area contributed by atoms with E-state index in [4.69, 9.17) is 4.74 Å². The summed E-state index contributed by atoms with van der Waals surface area (Å²) < 4.78 is 5.78. The summed E-state index contributed by atoms with van der Waals surface area (Å²) in [6.07, 6.45) is 1.70. The minimum absolute atomic E-state index is 0.0632. The first-order chi connectivity index (χ1) is 10.0. The Bertz CT molecular complexity index is 741. The van der Waals surface area contributed by atoms with Gasteiger partial charge in [-0.05, 0) is 31.9 Å². The third-order valence-corrected chi connectivity index (χ3v) is 4.64. The number of H-pyrrole nitrogens is 1. The summed E-state index contributed by atoms with van der Waals surface area (Å²) in [5.41, 5.74) is 1.96. The van der Waals surface area contributed by atoms with E-state index in [1.807, 2.05) is 26.0 Å². The molecule has 2 heterocycles. The van der Waals surface area contributed by atoms with Gasteiger partial charge < -0.3 is 9.72 Å². The molecule has 1 saturated heterocycles. The van der Waals surface area contributed by atoms with Crippen LogP contribution in [0.2, 0.25) is 0 Å². The number of aromatic amines is 1. The Morgan fingerprint density at radius 2 is 2.05 bits per heavy atom. The maximum atomic E-state index is 12.9. The Hall–Kier alpha value is -2.12. The van der Waals surface area contributed by atoms with Crippen molar-refractivity contribution in [1.29, 1.82) is 5.26 Å². The third kappa shape index (κ3) is 2.05. The molecular weight excluding hydrogens is 264 g/mol. The Labute approximate surface area is 123 Å². The topological polar surface area (TPSA) is 65.9 Å². The zero-order valence-corrected chi connectivity index (χ0v) is 12.4. The lowest BCUT2D eigenvalue weighted by Gasteiger charge is -2.16. The average molecular weight is 282 g/mol. The lowest BCUT2D eigenvalue weighted by molar-refractivity contribution is 0.0491. The van der Waals surface area contributed by atoms with E-state index in [0.29, 0.717) is 11.1 Å². The highest BCUT2D eigenvalue weighted by Gasteiger charge is 2.42. The van der Waals surface area contributed by atoms with Crippen molar-refractivity contribution in [3.05, 3.63) is 35.5 Å². The fourth-order valence-corrected chi connectivity index (χ4v) is 3.37. The summed E-state index contributed by atoms with van der Waals surface area (Å²) in [5, 5.41) is 10.00. The van der Waals surface area contributed by atoms with Gasteiger partial charge in [0.1, 0.15) is 0 Å². The number of nitrogens with zero attached hydrogens (tertiary/aromatic N) is 1. The zero-order valence-electron chi connectivity index (χ0n) is 12.4. The van der Waals surface area contributed by atoms with Crippen LogP contribution >= 0.6 is 0 Å². The van der Waals surface area contributed by atoms with Crippen molar-refractivity contribution in [3.63, 3.8) is 0 Å². The number of hydrogen-bond donors (Lipinski definition) is 1. The smallest absolute Gasteiger partial charge is 0.171 e. The number of carbonyl (C=O) groups is 1. The minimum atomic E-state index is -0.161. The molecule has 4 atom stereocenters. The first-order valence-corrected chi connectivity index (χ1v) is 7.24. The van der Waals surface area contributed by atoms with Crippen LogP contribution in [-0.2, 0) is 4.74 Å². The van der Waals surface area contributed by atoms with E-state index >= 15 is 0 Å². The largest absolute Gasteiger partial charge is 0.374 e. The maximum absolute atomic E-state index is 12.9. The second-order valence-corrected chi connectivity index (χ2v) is 5.84. The van der Waals surface area contributed by atoms with E-state index < -0.39 is 0 Å². The van der Waals surface area contributed by atoms with Crippen molar-refractivity contribution in [2.45, 2.75) is 33.0 Å². The summed E-state index contributed by atoms with van der Waals surface area (Å²) >= 11 is 0. The lowest BCUT2D eigenvalue weighted by atomic mass is 9.83.